The van der Waals surface area contributed by atoms with E-state index in [0.29, 0.717) is 17.3 Å². The molecule has 0 fully saturated rings. The van der Waals surface area contributed by atoms with Gasteiger partial charge in [0.25, 0.3) is 0 Å². The third-order valence-corrected chi connectivity index (χ3v) is 3.65. The van der Waals surface area contributed by atoms with Gasteiger partial charge < -0.3 is 11.1 Å². The Morgan fingerprint density at radius 2 is 1.77 bits per heavy atom. The van der Waals surface area contributed by atoms with E-state index in [-0.39, 0.29) is 12.3 Å². The van der Waals surface area contributed by atoms with Crippen LogP contribution in [-0.4, -0.2) is 15.9 Å². The molecule has 110 valence electrons. The summed E-state index contributed by atoms with van der Waals surface area (Å²) in [7, 11) is 0. The molecule has 0 bridgehead atoms. The van der Waals surface area contributed by atoms with Crippen LogP contribution < -0.4 is 11.1 Å². The number of carbonyl (C=O) groups is 1. The highest BCUT2D eigenvalue weighted by atomic mass is 79.9. The summed E-state index contributed by atoms with van der Waals surface area (Å²) in [4.78, 5) is 20.5. The first-order valence-corrected chi connectivity index (χ1v) is 7.47. The van der Waals surface area contributed by atoms with Gasteiger partial charge in [0, 0.05) is 9.86 Å². The number of amides is 1. The molecular weight excluding hydrogens is 344 g/mol. The van der Waals surface area contributed by atoms with Gasteiger partial charge in [0.2, 0.25) is 5.91 Å². The van der Waals surface area contributed by atoms with Gasteiger partial charge >= 0.3 is 0 Å². The summed E-state index contributed by atoms with van der Waals surface area (Å²) in [5, 5.41) is 3.65. The molecule has 3 aromatic rings. The molecular formula is C16H13BrN4O. The standard InChI is InChI=1S/C16H13BrN4O/c17-12-5-1-10(2-6-12)9-15(22)20-14-8-4-11-3-7-13(18)19-16(11)21-14/h1-8H,9H2,(H3,18,19,20,21,22). The molecule has 0 saturated heterocycles. The van der Waals surface area contributed by atoms with Crippen LogP contribution in [-0.2, 0) is 11.2 Å². The van der Waals surface area contributed by atoms with Gasteiger partial charge in [-0.25, -0.2) is 9.97 Å². The first-order chi connectivity index (χ1) is 10.6. The summed E-state index contributed by atoms with van der Waals surface area (Å²) in [6.45, 7) is 0. The van der Waals surface area contributed by atoms with Gasteiger partial charge in [-0.15, -0.1) is 0 Å². The number of carbonyl (C=O) groups excluding carboxylic acids is 1. The SMILES string of the molecule is Nc1ccc2ccc(NC(=O)Cc3ccc(Br)cc3)nc2n1. The number of benzene rings is 1. The van der Waals surface area contributed by atoms with E-state index in [9.17, 15) is 4.79 Å². The average molecular weight is 357 g/mol. The molecule has 6 heteroatoms. The number of nitrogens with two attached hydrogens (primary N) is 1. The minimum atomic E-state index is -0.127. The summed E-state index contributed by atoms with van der Waals surface area (Å²) in [6.07, 6.45) is 0.289. The average Bonchev–Trinajstić information content (AvgIpc) is 2.49. The molecule has 22 heavy (non-hydrogen) atoms. The molecule has 0 saturated carbocycles. The monoisotopic (exact) mass is 356 g/mol. The zero-order valence-corrected chi connectivity index (χ0v) is 13.2. The Kier molecular flexibility index (Phi) is 4.02. The zero-order chi connectivity index (χ0) is 15.5. The molecule has 0 radical (unpaired) electrons. The Balaban J connectivity index is 1.74. The number of nitrogens with zero attached hydrogens (tertiary/aromatic N) is 2. The Bertz CT molecular complexity index is 833. The smallest absolute Gasteiger partial charge is 0.229 e. The number of hydrogen-bond donors (Lipinski definition) is 2. The lowest BCUT2D eigenvalue weighted by Gasteiger charge is -2.06. The Morgan fingerprint density at radius 1 is 1.05 bits per heavy atom. The fraction of sp³-hybridized carbons (Fsp3) is 0.0625. The number of aromatic nitrogens is 2. The van der Waals surface area contributed by atoms with E-state index in [2.05, 4.69) is 31.2 Å². The van der Waals surface area contributed by atoms with Crippen LogP contribution in [0.15, 0.2) is 53.0 Å². The quantitative estimate of drug-likeness (QED) is 0.755. The molecule has 0 unspecified atom stereocenters. The first kappa shape index (κ1) is 14.5. The maximum absolute atomic E-state index is 12.1. The van der Waals surface area contributed by atoms with Crippen LogP contribution in [0.25, 0.3) is 11.0 Å². The van der Waals surface area contributed by atoms with Gasteiger partial charge in [-0.2, -0.15) is 0 Å². The molecule has 0 spiro atoms. The lowest BCUT2D eigenvalue weighted by molar-refractivity contribution is -0.115. The predicted octanol–water partition coefficient (Wildman–Crippen LogP) is 3.16. The van der Waals surface area contributed by atoms with Crippen molar-refractivity contribution < 1.29 is 4.79 Å². The van der Waals surface area contributed by atoms with Crippen molar-refractivity contribution in [1.82, 2.24) is 9.97 Å². The Hall–Kier alpha value is -2.47. The lowest BCUT2D eigenvalue weighted by Crippen LogP contribution is -2.15. The van der Waals surface area contributed by atoms with Crippen LogP contribution >= 0.6 is 15.9 Å². The lowest BCUT2D eigenvalue weighted by atomic mass is 10.1. The number of pyridine rings is 2. The van der Waals surface area contributed by atoms with Crippen LogP contribution in [0.3, 0.4) is 0 Å². The number of anilines is 2. The number of halogens is 1. The number of nitrogen functional groups attached to an aromatic ring is 1. The van der Waals surface area contributed by atoms with Crippen molar-refractivity contribution in [2.75, 3.05) is 11.1 Å². The summed E-state index contributed by atoms with van der Waals surface area (Å²) < 4.78 is 0.983. The van der Waals surface area contributed by atoms with Crippen LogP contribution in [0.1, 0.15) is 5.56 Å². The maximum atomic E-state index is 12.1. The van der Waals surface area contributed by atoms with E-state index in [4.69, 9.17) is 5.73 Å². The summed E-state index contributed by atoms with van der Waals surface area (Å²) >= 11 is 3.37. The molecule has 0 aliphatic rings. The van der Waals surface area contributed by atoms with Gasteiger partial charge in [-0.1, -0.05) is 28.1 Å². The molecule has 1 amide bonds. The van der Waals surface area contributed by atoms with Crippen LogP contribution in [0.2, 0.25) is 0 Å². The van der Waals surface area contributed by atoms with Gasteiger partial charge in [0.1, 0.15) is 11.6 Å². The second-order valence-corrected chi connectivity index (χ2v) is 5.75. The maximum Gasteiger partial charge on any atom is 0.229 e. The molecule has 0 atom stereocenters. The molecule has 2 aromatic heterocycles. The minimum absolute atomic E-state index is 0.127. The first-order valence-electron chi connectivity index (χ1n) is 6.68. The van der Waals surface area contributed by atoms with E-state index in [1.54, 1.807) is 12.1 Å². The van der Waals surface area contributed by atoms with Gasteiger partial charge in [-0.3, -0.25) is 4.79 Å². The third kappa shape index (κ3) is 3.40. The van der Waals surface area contributed by atoms with E-state index >= 15 is 0 Å². The van der Waals surface area contributed by atoms with Crippen molar-refractivity contribution in [1.29, 1.82) is 0 Å². The largest absolute Gasteiger partial charge is 0.384 e. The molecule has 0 aliphatic heterocycles. The number of fused-ring (bicyclic) bond motifs is 1. The van der Waals surface area contributed by atoms with Crippen molar-refractivity contribution in [2.24, 2.45) is 0 Å². The second kappa shape index (κ2) is 6.11. The number of hydrogen-bond acceptors (Lipinski definition) is 4. The fourth-order valence-corrected chi connectivity index (χ4v) is 2.32. The fourth-order valence-electron chi connectivity index (χ4n) is 2.06. The topological polar surface area (TPSA) is 80.9 Å². The van der Waals surface area contributed by atoms with Crippen LogP contribution in [0.5, 0.6) is 0 Å². The van der Waals surface area contributed by atoms with Crippen molar-refractivity contribution in [2.45, 2.75) is 6.42 Å². The van der Waals surface area contributed by atoms with Crippen molar-refractivity contribution >= 4 is 44.5 Å². The highest BCUT2D eigenvalue weighted by molar-refractivity contribution is 9.10. The van der Waals surface area contributed by atoms with E-state index < -0.39 is 0 Å². The highest BCUT2D eigenvalue weighted by Crippen LogP contribution is 2.15. The summed E-state index contributed by atoms with van der Waals surface area (Å²) in [6, 6.07) is 14.8. The van der Waals surface area contributed by atoms with Crippen molar-refractivity contribution in [3.63, 3.8) is 0 Å². The van der Waals surface area contributed by atoms with Crippen molar-refractivity contribution in [3.05, 3.63) is 58.6 Å². The van der Waals surface area contributed by atoms with E-state index in [1.165, 1.54) is 0 Å². The summed E-state index contributed by atoms with van der Waals surface area (Å²) in [5.41, 5.74) is 7.10. The van der Waals surface area contributed by atoms with Gasteiger partial charge in [0.15, 0.2) is 5.65 Å². The van der Waals surface area contributed by atoms with E-state index in [0.717, 1.165) is 15.4 Å². The second-order valence-electron chi connectivity index (χ2n) is 4.83. The van der Waals surface area contributed by atoms with Gasteiger partial charge in [0.05, 0.1) is 6.42 Å². The highest BCUT2D eigenvalue weighted by Gasteiger charge is 2.06. The molecule has 1 aromatic carbocycles. The van der Waals surface area contributed by atoms with Crippen LogP contribution in [0, 0.1) is 0 Å². The summed E-state index contributed by atoms with van der Waals surface area (Å²) in [5.74, 6) is 0.740. The number of rotatable bonds is 3. The Morgan fingerprint density at radius 3 is 2.55 bits per heavy atom. The molecule has 3 rings (SSSR count). The predicted molar refractivity (Wildman–Crippen MR) is 90.4 cm³/mol. The third-order valence-electron chi connectivity index (χ3n) is 3.12. The molecule has 3 N–H and O–H groups in total. The number of nitrogens with one attached hydrogen (secondary N) is 1. The van der Waals surface area contributed by atoms with Crippen LogP contribution in [0.4, 0.5) is 11.6 Å². The molecule has 5 nitrogen and oxygen atoms in total. The van der Waals surface area contributed by atoms with Crippen molar-refractivity contribution in [3.8, 4) is 0 Å². The zero-order valence-electron chi connectivity index (χ0n) is 11.6. The van der Waals surface area contributed by atoms with Gasteiger partial charge in [-0.05, 0) is 42.0 Å². The molecule has 2 heterocycles. The van der Waals surface area contributed by atoms with E-state index in [1.807, 2.05) is 36.4 Å². The Labute approximate surface area is 135 Å². The molecule has 0 aliphatic carbocycles. The normalized spacial score (nSPS) is 10.6. The minimum Gasteiger partial charge on any atom is -0.384 e.